The second-order valence-corrected chi connectivity index (χ2v) is 6.53. The van der Waals surface area contributed by atoms with Gasteiger partial charge < -0.3 is 14.8 Å². The first-order chi connectivity index (χ1) is 14.0. The van der Waals surface area contributed by atoms with Gasteiger partial charge in [-0.15, -0.1) is 0 Å². The van der Waals surface area contributed by atoms with Crippen LogP contribution in [0.1, 0.15) is 22.8 Å². The number of hydrogen-bond donors (Lipinski definition) is 1. The maximum Gasteiger partial charge on any atom is 0.338 e. The molecule has 0 unspecified atom stereocenters. The van der Waals surface area contributed by atoms with Crippen molar-refractivity contribution in [2.45, 2.75) is 13.8 Å². The van der Waals surface area contributed by atoms with Gasteiger partial charge in [0.2, 0.25) is 0 Å². The normalized spacial score (nSPS) is 10.3. The van der Waals surface area contributed by atoms with E-state index in [1.165, 1.54) is 5.56 Å². The fraction of sp³-hybridized carbons (Fsp3) is 0.167. The van der Waals surface area contributed by atoms with Crippen molar-refractivity contribution in [3.63, 3.8) is 0 Å². The summed E-state index contributed by atoms with van der Waals surface area (Å²) in [5.74, 6) is -0.0482. The van der Waals surface area contributed by atoms with Crippen LogP contribution in [-0.2, 0) is 9.53 Å². The highest BCUT2D eigenvalue weighted by atomic mass is 16.5. The molecule has 0 saturated heterocycles. The zero-order chi connectivity index (χ0) is 20.6. The lowest BCUT2D eigenvalue weighted by atomic mass is 10.0. The summed E-state index contributed by atoms with van der Waals surface area (Å²) < 4.78 is 10.5. The molecule has 0 saturated carbocycles. The van der Waals surface area contributed by atoms with Gasteiger partial charge in [-0.1, -0.05) is 42.0 Å². The summed E-state index contributed by atoms with van der Waals surface area (Å²) >= 11 is 0. The summed E-state index contributed by atoms with van der Waals surface area (Å²) in [7, 11) is 0. The quantitative estimate of drug-likeness (QED) is 0.586. The van der Waals surface area contributed by atoms with Gasteiger partial charge in [0, 0.05) is 5.69 Å². The molecule has 148 valence electrons. The van der Waals surface area contributed by atoms with Crippen LogP contribution in [0.4, 0.5) is 5.69 Å². The molecule has 0 aliphatic rings. The number of rotatable bonds is 7. The van der Waals surface area contributed by atoms with E-state index >= 15 is 0 Å². The summed E-state index contributed by atoms with van der Waals surface area (Å²) in [4.78, 5) is 23.7. The van der Waals surface area contributed by atoms with E-state index in [1.54, 1.807) is 31.2 Å². The first kappa shape index (κ1) is 20.1. The van der Waals surface area contributed by atoms with Crippen molar-refractivity contribution in [1.29, 1.82) is 0 Å². The van der Waals surface area contributed by atoms with Gasteiger partial charge >= 0.3 is 5.97 Å². The lowest BCUT2D eigenvalue weighted by Crippen LogP contribution is -2.20. The van der Waals surface area contributed by atoms with Crippen LogP contribution in [0.25, 0.3) is 11.1 Å². The molecular weight excluding hydrogens is 366 g/mol. The van der Waals surface area contributed by atoms with Crippen molar-refractivity contribution < 1.29 is 19.1 Å². The minimum atomic E-state index is -0.386. The van der Waals surface area contributed by atoms with E-state index in [1.807, 2.05) is 24.3 Å². The van der Waals surface area contributed by atoms with Crippen LogP contribution in [0, 0.1) is 6.92 Å². The SMILES string of the molecule is CCOC(=O)c1ccc(NC(=O)COc2ccc(-c3ccc(C)cc3)cc2)cc1. The van der Waals surface area contributed by atoms with Gasteiger partial charge in [-0.3, -0.25) is 4.79 Å². The molecule has 3 aromatic rings. The Hall–Kier alpha value is -3.60. The third-order valence-electron chi connectivity index (χ3n) is 4.29. The van der Waals surface area contributed by atoms with Crippen molar-refractivity contribution in [2.75, 3.05) is 18.5 Å². The average Bonchev–Trinajstić information content (AvgIpc) is 2.74. The highest BCUT2D eigenvalue weighted by Crippen LogP contribution is 2.22. The molecule has 1 amide bonds. The molecule has 0 fully saturated rings. The van der Waals surface area contributed by atoms with Crippen LogP contribution in [0.3, 0.4) is 0 Å². The minimum Gasteiger partial charge on any atom is -0.484 e. The lowest BCUT2D eigenvalue weighted by molar-refractivity contribution is -0.118. The van der Waals surface area contributed by atoms with Crippen molar-refractivity contribution in [1.82, 2.24) is 0 Å². The van der Waals surface area contributed by atoms with Crippen LogP contribution >= 0.6 is 0 Å². The largest absolute Gasteiger partial charge is 0.484 e. The summed E-state index contributed by atoms with van der Waals surface area (Å²) in [5, 5.41) is 2.74. The van der Waals surface area contributed by atoms with Crippen LogP contribution in [-0.4, -0.2) is 25.1 Å². The number of benzene rings is 3. The highest BCUT2D eigenvalue weighted by molar-refractivity contribution is 5.93. The van der Waals surface area contributed by atoms with Gasteiger partial charge in [0.05, 0.1) is 12.2 Å². The number of esters is 1. The smallest absolute Gasteiger partial charge is 0.338 e. The maximum atomic E-state index is 12.1. The van der Waals surface area contributed by atoms with Crippen LogP contribution in [0.2, 0.25) is 0 Å². The molecule has 5 nitrogen and oxygen atoms in total. The number of carbonyl (C=O) groups is 2. The number of nitrogens with one attached hydrogen (secondary N) is 1. The van der Waals surface area contributed by atoms with E-state index in [4.69, 9.17) is 9.47 Å². The Labute approximate surface area is 170 Å². The Kier molecular flexibility index (Phi) is 6.63. The van der Waals surface area contributed by atoms with E-state index < -0.39 is 0 Å². The van der Waals surface area contributed by atoms with Crippen LogP contribution in [0.15, 0.2) is 72.8 Å². The number of hydrogen-bond acceptors (Lipinski definition) is 4. The van der Waals surface area contributed by atoms with Gasteiger partial charge in [0.25, 0.3) is 5.91 Å². The van der Waals surface area contributed by atoms with E-state index in [2.05, 4.69) is 36.5 Å². The number of anilines is 1. The molecule has 1 N–H and O–H groups in total. The zero-order valence-electron chi connectivity index (χ0n) is 16.5. The van der Waals surface area contributed by atoms with Crippen LogP contribution < -0.4 is 10.1 Å². The monoisotopic (exact) mass is 389 g/mol. The topological polar surface area (TPSA) is 64.6 Å². The molecule has 0 atom stereocenters. The van der Waals surface area contributed by atoms with Crippen LogP contribution in [0.5, 0.6) is 5.75 Å². The first-order valence-electron chi connectivity index (χ1n) is 9.42. The molecule has 0 aliphatic heterocycles. The lowest BCUT2D eigenvalue weighted by Gasteiger charge is -2.09. The fourth-order valence-corrected chi connectivity index (χ4v) is 2.74. The fourth-order valence-electron chi connectivity index (χ4n) is 2.74. The molecule has 29 heavy (non-hydrogen) atoms. The molecule has 0 heterocycles. The number of ether oxygens (including phenoxy) is 2. The second kappa shape index (κ2) is 9.55. The number of carbonyl (C=O) groups excluding carboxylic acids is 2. The highest BCUT2D eigenvalue weighted by Gasteiger charge is 2.08. The number of amides is 1. The molecule has 0 radical (unpaired) electrons. The van der Waals surface area contributed by atoms with Crippen molar-refractivity contribution in [3.05, 3.63) is 83.9 Å². The van der Waals surface area contributed by atoms with Gasteiger partial charge in [-0.05, 0) is 61.4 Å². The Balaban J connectivity index is 1.51. The predicted octanol–water partition coefficient (Wildman–Crippen LogP) is 4.86. The zero-order valence-corrected chi connectivity index (χ0v) is 16.5. The van der Waals surface area contributed by atoms with Gasteiger partial charge in [-0.2, -0.15) is 0 Å². The predicted molar refractivity (Wildman–Crippen MR) is 113 cm³/mol. The van der Waals surface area contributed by atoms with E-state index in [-0.39, 0.29) is 18.5 Å². The summed E-state index contributed by atoms with van der Waals surface area (Å²) in [6, 6.07) is 22.4. The summed E-state index contributed by atoms with van der Waals surface area (Å²) in [6.07, 6.45) is 0. The standard InChI is InChI=1S/C24H23NO4/c1-3-28-24(27)20-8-12-21(13-9-20)25-23(26)16-29-22-14-10-19(11-15-22)18-6-4-17(2)5-7-18/h4-15H,3,16H2,1-2H3,(H,25,26). The van der Waals surface area contributed by atoms with Gasteiger partial charge in [-0.25, -0.2) is 4.79 Å². The van der Waals surface area contributed by atoms with Gasteiger partial charge in [0.1, 0.15) is 5.75 Å². The third-order valence-corrected chi connectivity index (χ3v) is 4.29. The molecule has 0 aromatic heterocycles. The van der Waals surface area contributed by atoms with Gasteiger partial charge in [0.15, 0.2) is 6.61 Å². The Bertz CT molecular complexity index is 961. The van der Waals surface area contributed by atoms with E-state index in [0.717, 1.165) is 11.1 Å². The molecule has 0 aliphatic carbocycles. The van der Waals surface area contributed by atoms with Crippen molar-refractivity contribution in [2.24, 2.45) is 0 Å². The maximum absolute atomic E-state index is 12.1. The van der Waals surface area contributed by atoms with E-state index in [0.29, 0.717) is 23.6 Å². The Morgan fingerprint density at radius 2 is 1.41 bits per heavy atom. The van der Waals surface area contributed by atoms with Crippen molar-refractivity contribution in [3.8, 4) is 16.9 Å². The minimum absolute atomic E-state index is 0.108. The summed E-state index contributed by atoms with van der Waals surface area (Å²) in [6.45, 7) is 4.02. The average molecular weight is 389 g/mol. The van der Waals surface area contributed by atoms with E-state index in [9.17, 15) is 9.59 Å². The molecular formula is C24H23NO4. The molecule has 0 spiro atoms. The molecule has 5 heteroatoms. The molecule has 0 bridgehead atoms. The molecule has 3 aromatic carbocycles. The molecule has 3 rings (SSSR count). The second-order valence-electron chi connectivity index (χ2n) is 6.53. The summed E-state index contributed by atoms with van der Waals surface area (Å²) in [5.41, 5.74) is 4.46. The Morgan fingerprint density at radius 3 is 2.00 bits per heavy atom. The Morgan fingerprint density at radius 1 is 0.828 bits per heavy atom. The third kappa shape index (κ3) is 5.69. The van der Waals surface area contributed by atoms with Crippen molar-refractivity contribution >= 4 is 17.6 Å². The number of aryl methyl sites for hydroxylation is 1. The first-order valence-corrected chi connectivity index (χ1v) is 9.42.